The summed E-state index contributed by atoms with van der Waals surface area (Å²) in [6, 6.07) is 4.86. The number of aromatic nitrogens is 2. The highest BCUT2D eigenvalue weighted by Gasteiger charge is 2.10. The normalized spacial score (nSPS) is 12.2. The van der Waals surface area contributed by atoms with Gasteiger partial charge < -0.3 is 11.1 Å². The van der Waals surface area contributed by atoms with E-state index in [1.165, 1.54) is 11.3 Å². The second-order valence-electron chi connectivity index (χ2n) is 3.98. The van der Waals surface area contributed by atoms with Crippen LogP contribution in [0.5, 0.6) is 0 Å². The van der Waals surface area contributed by atoms with Gasteiger partial charge in [0.2, 0.25) is 5.91 Å². The zero-order valence-electron chi connectivity index (χ0n) is 10.2. The lowest BCUT2D eigenvalue weighted by Crippen LogP contribution is -2.32. The van der Waals surface area contributed by atoms with Gasteiger partial charge in [-0.1, -0.05) is 6.07 Å². The van der Waals surface area contributed by atoms with Gasteiger partial charge in [0.1, 0.15) is 16.5 Å². The van der Waals surface area contributed by atoms with E-state index in [0.717, 1.165) is 16.4 Å². The van der Waals surface area contributed by atoms with Crippen molar-refractivity contribution in [1.82, 2.24) is 9.97 Å². The minimum atomic E-state index is -0.558. The summed E-state index contributed by atoms with van der Waals surface area (Å²) < 4.78 is 0. The summed E-state index contributed by atoms with van der Waals surface area (Å²) in [6.45, 7) is 3.56. The number of hydrogen-bond acceptors (Lipinski definition) is 5. The highest BCUT2D eigenvalue weighted by Crippen LogP contribution is 2.22. The van der Waals surface area contributed by atoms with Crippen molar-refractivity contribution in [3.8, 4) is 10.7 Å². The van der Waals surface area contributed by atoms with Crippen LogP contribution in [0.2, 0.25) is 0 Å². The Kier molecular flexibility index (Phi) is 3.69. The molecule has 1 atom stereocenters. The average Bonchev–Trinajstić information content (AvgIpc) is 2.76. The van der Waals surface area contributed by atoms with Crippen LogP contribution in [-0.2, 0) is 4.79 Å². The van der Waals surface area contributed by atoms with E-state index in [0.29, 0.717) is 5.82 Å². The molecule has 2 heterocycles. The van der Waals surface area contributed by atoms with Gasteiger partial charge in [-0.15, -0.1) is 11.3 Å². The van der Waals surface area contributed by atoms with Crippen molar-refractivity contribution in [2.45, 2.75) is 19.9 Å². The van der Waals surface area contributed by atoms with Gasteiger partial charge in [0.15, 0.2) is 0 Å². The first-order chi connectivity index (χ1) is 8.56. The molecule has 5 nitrogen and oxygen atoms in total. The number of nitrogens with two attached hydrogens (primary N) is 1. The molecule has 0 unspecified atom stereocenters. The van der Waals surface area contributed by atoms with Crippen LogP contribution in [0.3, 0.4) is 0 Å². The van der Waals surface area contributed by atoms with Gasteiger partial charge in [-0.2, -0.15) is 0 Å². The third kappa shape index (κ3) is 2.91. The Morgan fingerprint density at radius 2 is 2.22 bits per heavy atom. The van der Waals surface area contributed by atoms with Crippen LogP contribution in [0, 0.1) is 6.92 Å². The van der Waals surface area contributed by atoms with Crippen LogP contribution in [0.25, 0.3) is 10.7 Å². The lowest BCUT2D eigenvalue weighted by Gasteiger charge is -2.07. The summed E-state index contributed by atoms with van der Waals surface area (Å²) in [5, 5.41) is 5.46. The second kappa shape index (κ2) is 5.24. The predicted molar refractivity (Wildman–Crippen MR) is 72.4 cm³/mol. The van der Waals surface area contributed by atoms with E-state index in [-0.39, 0.29) is 5.91 Å². The lowest BCUT2D eigenvalue weighted by atomic mass is 10.3. The minimum absolute atomic E-state index is 0.255. The molecule has 0 aliphatic rings. The van der Waals surface area contributed by atoms with E-state index in [9.17, 15) is 4.79 Å². The Labute approximate surface area is 109 Å². The first-order valence-electron chi connectivity index (χ1n) is 5.52. The molecule has 2 aromatic heterocycles. The Bertz CT molecular complexity index is 565. The molecule has 0 aliphatic carbocycles. The Hall–Kier alpha value is -1.79. The van der Waals surface area contributed by atoms with Crippen molar-refractivity contribution in [1.29, 1.82) is 0 Å². The van der Waals surface area contributed by atoms with Crippen molar-refractivity contribution in [3.05, 3.63) is 29.3 Å². The Morgan fingerprint density at radius 1 is 1.44 bits per heavy atom. The third-order valence-corrected chi connectivity index (χ3v) is 3.23. The number of nitrogens with one attached hydrogen (secondary N) is 1. The molecule has 0 spiro atoms. The summed E-state index contributed by atoms with van der Waals surface area (Å²) in [5.41, 5.74) is 7.19. The highest BCUT2D eigenvalue weighted by atomic mass is 32.1. The maximum atomic E-state index is 11.5. The quantitative estimate of drug-likeness (QED) is 0.883. The molecule has 18 heavy (non-hydrogen) atoms. The van der Waals surface area contributed by atoms with Gasteiger partial charge >= 0.3 is 0 Å². The van der Waals surface area contributed by atoms with Crippen LogP contribution in [0.1, 0.15) is 12.6 Å². The minimum Gasteiger partial charge on any atom is -0.320 e. The fourth-order valence-electron chi connectivity index (χ4n) is 1.34. The summed E-state index contributed by atoms with van der Waals surface area (Å²) >= 11 is 1.53. The molecule has 0 radical (unpaired) electrons. The van der Waals surface area contributed by atoms with E-state index in [4.69, 9.17) is 5.73 Å². The van der Waals surface area contributed by atoms with Gasteiger partial charge in [0.25, 0.3) is 0 Å². The van der Waals surface area contributed by atoms with Gasteiger partial charge in [-0.05, 0) is 26.0 Å². The zero-order valence-corrected chi connectivity index (χ0v) is 11.0. The Balaban J connectivity index is 2.23. The van der Waals surface area contributed by atoms with E-state index in [1.54, 1.807) is 13.0 Å². The zero-order chi connectivity index (χ0) is 13.1. The molecule has 0 saturated heterocycles. The molecule has 6 heteroatoms. The second-order valence-corrected chi connectivity index (χ2v) is 4.84. The number of nitrogens with zero attached hydrogens (tertiary/aromatic N) is 2. The molecule has 3 N–H and O–H groups in total. The summed E-state index contributed by atoms with van der Waals surface area (Å²) in [4.78, 5) is 20.2. The number of aryl methyl sites for hydroxylation is 1. The van der Waals surface area contributed by atoms with Crippen LogP contribution < -0.4 is 11.1 Å². The monoisotopic (exact) mass is 262 g/mol. The van der Waals surface area contributed by atoms with Crippen molar-refractivity contribution < 1.29 is 4.79 Å². The fourth-order valence-corrected chi connectivity index (χ4v) is 2.10. The number of thiazole rings is 1. The van der Waals surface area contributed by atoms with Crippen molar-refractivity contribution in [2.75, 3.05) is 5.32 Å². The van der Waals surface area contributed by atoms with Crippen LogP contribution in [-0.4, -0.2) is 21.9 Å². The number of pyridine rings is 1. The van der Waals surface area contributed by atoms with E-state index >= 15 is 0 Å². The number of carbonyl (C=O) groups is 1. The predicted octanol–water partition coefficient (Wildman–Crippen LogP) is 1.80. The molecule has 2 aromatic rings. The number of carbonyl (C=O) groups excluding carboxylic acids is 1. The molecule has 1 amide bonds. The molecule has 0 saturated carbocycles. The third-order valence-electron chi connectivity index (χ3n) is 2.25. The first-order valence-corrected chi connectivity index (χ1v) is 6.40. The lowest BCUT2D eigenvalue weighted by molar-refractivity contribution is -0.117. The standard InChI is InChI=1S/C12H14N4OS/c1-7-6-18-12(14-7)9-4-3-5-10(15-9)16-11(17)8(2)13/h3-6,8H,13H2,1-2H3,(H,15,16,17)/t8-/m0/s1. The van der Waals surface area contributed by atoms with E-state index in [2.05, 4.69) is 15.3 Å². The fraction of sp³-hybridized carbons (Fsp3) is 0.250. The molecule has 0 fully saturated rings. The summed E-state index contributed by atoms with van der Waals surface area (Å²) in [5.74, 6) is 0.234. The Morgan fingerprint density at radius 3 is 2.83 bits per heavy atom. The van der Waals surface area contributed by atoms with Crippen molar-refractivity contribution in [2.24, 2.45) is 5.73 Å². The highest BCUT2D eigenvalue weighted by molar-refractivity contribution is 7.13. The largest absolute Gasteiger partial charge is 0.320 e. The van der Waals surface area contributed by atoms with Crippen LogP contribution in [0.4, 0.5) is 5.82 Å². The van der Waals surface area contributed by atoms with Crippen LogP contribution in [0.15, 0.2) is 23.6 Å². The number of hydrogen-bond donors (Lipinski definition) is 2. The topological polar surface area (TPSA) is 80.9 Å². The average molecular weight is 262 g/mol. The maximum absolute atomic E-state index is 11.5. The smallest absolute Gasteiger partial charge is 0.242 e. The van der Waals surface area contributed by atoms with Crippen molar-refractivity contribution >= 4 is 23.1 Å². The van der Waals surface area contributed by atoms with Gasteiger partial charge in [-0.3, -0.25) is 4.79 Å². The SMILES string of the molecule is Cc1csc(-c2cccc(NC(=O)[C@H](C)N)n2)n1. The molecule has 0 bridgehead atoms. The first kappa shape index (κ1) is 12.7. The number of anilines is 1. The molecular weight excluding hydrogens is 248 g/mol. The molecule has 94 valence electrons. The summed E-state index contributed by atoms with van der Waals surface area (Å²) in [6.07, 6.45) is 0. The van der Waals surface area contributed by atoms with Gasteiger partial charge in [-0.25, -0.2) is 9.97 Å². The number of amides is 1. The van der Waals surface area contributed by atoms with Crippen molar-refractivity contribution in [3.63, 3.8) is 0 Å². The van der Waals surface area contributed by atoms with Gasteiger partial charge in [0.05, 0.1) is 6.04 Å². The molecule has 0 aliphatic heterocycles. The van der Waals surface area contributed by atoms with Crippen LogP contribution >= 0.6 is 11.3 Å². The van der Waals surface area contributed by atoms with Gasteiger partial charge in [0, 0.05) is 11.1 Å². The van der Waals surface area contributed by atoms with E-state index < -0.39 is 6.04 Å². The summed E-state index contributed by atoms with van der Waals surface area (Å²) in [7, 11) is 0. The van der Waals surface area contributed by atoms with E-state index in [1.807, 2.05) is 24.4 Å². The molecular formula is C12H14N4OS. The molecule has 0 aromatic carbocycles. The molecule has 2 rings (SSSR count). The number of rotatable bonds is 3. The maximum Gasteiger partial charge on any atom is 0.242 e.